The summed E-state index contributed by atoms with van der Waals surface area (Å²) in [6.45, 7) is 0.225. The number of benzene rings is 3. The van der Waals surface area contributed by atoms with Gasteiger partial charge in [-0.15, -0.1) is 0 Å². The number of unbranched alkanes of at least 4 members (excludes halogenated alkanes) is 2. The van der Waals surface area contributed by atoms with Crippen LogP contribution in [0.4, 0.5) is 0 Å². The van der Waals surface area contributed by atoms with Crippen molar-refractivity contribution in [1.29, 1.82) is 0 Å². The number of oxazole rings is 1. The van der Waals surface area contributed by atoms with Gasteiger partial charge in [0.1, 0.15) is 11.4 Å². The number of hydrogen-bond donors (Lipinski definition) is 2. The van der Waals surface area contributed by atoms with Gasteiger partial charge in [0.15, 0.2) is 5.76 Å². The highest BCUT2D eigenvalue weighted by Gasteiger charge is 2.30. The van der Waals surface area contributed by atoms with Gasteiger partial charge in [0, 0.05) is 23.8 Å². The van der Waals surface area contributed by atoms with Crippen LogP contribution in [0.15, 0.2) is 83.3 Å². The molecule has 5 nitrogen and oxygen atoms in total. The van der Waals surface area contributed by atoms with E-state index in [0.717, 1.165) is 66.9 Å². The smallest absolute Gasteiger partial charge is 0.212 e. The summed E-state index contributed by atoms with van der Waals surface area (Å²) in [6.07, 6.45) is 5.66. The molecule has 0 amide bonds. The summed E-state index contributed by atoms with van der Waals surface area (Å²) in [5.74, 6) is 2.48. The molecule has 2 unspecified atom stereocenters. The van der Waals surface area contributed by atoms with E-state index in [0.29, 0.717) is 5.89 Å². The van der Waals surface area contributed by atoms with Crippen LogP contribution in [0.5, 0.6) is 5.75 Å². The van der Waals surface area contributed by atoms with Gasteiger partial charge in [0.05, 0.1) is 13.2 Å². The van der Waals surface area contributed by atoms with Crippen LogP contribution in [0.1, 0.15) is 61.2 Å². The maximum Gasteiger partial charge on any atom is 0.212 e. The molecule has 5 rings (SSSR count). The third-order valence-corrected chi connectivity index (χ3v) is 7.03. The van der Waals surface area contributed by atoms with Crippen LogP contribution in [0, 0.1) is 0 Å². The van der Waals surface area contributed by atoms with E-state index >= 15 is 0 Å². The third kappa shape index (κ3) is 5.23. The first kappa shape index (κ1) is 24.3. The Balaban J connectivity index is 1.50. The monoisotopic (exact) mass is 482 g/mol. The number of rotatable bonds is 11. The molecule has 1 aliphatic rings. The maximum absolute atomic E-state index is 9.27. The molecule has 186 valence electrons. The SMILES string of the molecule is COc1cccc2c1CCC2NC(CCCCCO)c1nc(-c2ccccc2)c(-c2ccccc2)o1. The molecule has 1 aliphatic carbocycles. The molecule has 2 N–H and O–H groups in total. The molecular formula is C31H34N2O3. The van der Waals surface area contributed by atoms with Crippen molar-refractivity contribution in [1.82, 2.24) is 10.3 Å². The number of nitrogens with zero attached hydrogens (tertiary/aromatic N) is 1. The molecule has 5 heteroatoms. The van der Waals surface area contributed by atoms with E-state index in [1.165, 1.54) is 11.1 Å². The fraction of sp³-hybridized carbons (Fsp3) is 0.323. The van der Waals surface area contributed by atoms with Gasteiger partial charge in [0.25, 0.3) is 0 Å². The van der Waals surface area contributed by atoms with Crippen LogP contribution in [0.3, 0.4) is 0 Å². The van der Waals surface area contributed by atoms with Gasteiger partial charge in [-0.2, -0.15) is 0 Å². The standard InChI is InChI=1S/C31H34N2O3/c1-35-28-18-11-16-24-25(28)19-20-26(24)32-27(17-9-4-10-21-34)31-33-29(22-12-5-2-6-13-22)30(36-31)23-14-7-3-8-15-23/h2-3,5-8,11-16,18,26-27,32,34H,4,9-10,17,19-21H2,1H3. The number of methoxy groups -OCH3 is 1. The van der Waals surface area contributed by atoms with Gasteiger partial charge in [-0.1, -0.05) is 85.6 Å². The van der Waals surface area contributed by atoms with E-state index < -0.39 is 0 Å². The van der Waals surface area contributed by atoms with Crippen molar-refractivity contribution in [3.63, 3.8) is 0 Å². The Hall–Kier alpha value is -3.41. The zero-order chi connectivity index (χ0) is 24.7. The lowest BCUT2D eigenvalue weighted by molar-refractivity contribution is 0.278. The first-order valence-corrected chi connectivity index (χ1v) is 12.9. The highest BCUT2D eigenvalue weighted by atomic mass is 16.5. The zero-order valence-electron chi connectivity index (χ0n) is 20.8. The van der Waals surface area contributed by atoms with Crippen LogP contribution in [-0.2, 0) is 6.42 Å². The Bertz CT molecular complexity index is 1200. The number of aliphatic hydroxyl groups excluding tert-OH is 1. The molecule has 0 bridgehead atoms. The van der Waals surface area contributed by atoms with Gasteiger partial charge in [-0.25, -0.2) is 4.98 Å². The molecular weight excluding hydrogens is 448 g/mol. The van der Waals surface area contributed by atoms with Crippen molar-refractivity contribution < 1.29 is 14.3 Å². The molecule has 0 fully saturated rings. The summed E-state index contributed by atoms with van der Waals surface area (Å²) in [5, 5.41) is 13.2. The molecule has 0 aliphatic heterocycles. The summed E-state index contributed by atoms with van der Waals surface area (Å²) in [4.78, 5) is 5.08. The van der Waals surface area contributed by atoms with E-state index in [2.05, 4.69) is 41.7 Å². The first-order chi connectivity index (χ1) is 17.8. The van der Waals surface area contributed by atoms with Crippen molar-refractivity contribution in [2.75, 3.05) is 13.7 Å². The molecule has 0 saturated heterocycles. The molecule has 36 heavy (non-hydrogen) atoms. The highest BCUT2D eigenvalue weighted by Crippen LogP contribution is 2.40. The molecule has 0 saturated carbocycles. The topological polar surface area (TPSA) is 67.5 Å². The van der Waals surface area contributed by atoms with Gasteiger partial charge in [0.2, 0.25) is 5.89 Å². The fourth-order valence-corrected chi connectivity index (χ4v) is 5.21. The molecule has 1 heterocycles. The van der Waals surface area contributed by atoms with Gasteiger partial charge in [-0.3, -0.25) is 5.32 Å². The van der Waals surface area contributed by atoms with E-state index in [1.54, 1.807) is 7.11 Å². The van der Waals surface area contributed by atoms with E-state index in [4.69, 9.17) is 14.1 Å². The summed E-state index contributed by atoms with van der Waals surface area (Å²) >= 11 is 0. The Morgan fingerprint density at radius 3 is 2.42 bits per heavy atom. The van der Waals surface area contributed by atoms with E-state index in [9.17, 15) is 5.11 Å². The normalized spacial score (nSPS) is 15.6. The largest absolute Gasteiger partial charge is 0.496 e. The van der Waals surface area contributed by atoms with Crippen molar-refractivity contribution in [2.24, 2.45) is 0 Å². The Morgan fingerprint density at radius 1 is 0.944 bits per heavy atom. The van der Waals surface area contributed by atoms with Crippen molar-refractivity contribution in [3.05, 3.63) is 95.9 Å². The molecule has 0 spiro atoms. The number of hydrogen-bond acceptors (Lipinski definition) is 5. The summed E-state index contributed by atoms with van der Waals surface area (Å²) in [6, 6.07) is 26.9. The molecule has 4 aromatic rings. The van der Waals surface area contributed by atoms with Crippen LogP contribution in [-0.4, -0.2) is 23.8 Å². The Kier molecular flexibility index (Phi) is 7.79. The fourth-order valence-electron chi connectivity index (χ4n) is 5.21. The number of nitrogens with one attached hydrogen (secondary N) is 1. The second kappa shape index (κ2) is 11.5. The van der Waals surface area contributed by atoms with Crippen molar-refractivity contribution >= 4 is 0 Å². The van der Waals surface area contributed by atoms with Crippen LogP contribution in [0.2, 0.25) is 0 Å². The molecule has 1 aromatic heterocycles. The Morgan fingerprint density at radius 2 is 1.69 bits per heavy atom. The summed E-state index contributed by atoms with van der Waals surface area (Å²) in [7, 11) is 1.74. The lowest BCUT2D eigenvalue weighted by atomic mass is 10.0. The van der Waals surface area contributed by atoms with Gasteiger partial charge < -0.3 is 14.3 Å². The van der Waals surface area contributed by atoms with Crippen LogP contribution >= 0.6 is 0 Å². The first-order valence-electron chi connectivity index (χ1n) is 12.9. The average molecular weight is 483 g/mol. The minimum absolute atomic E-state index is 0.0363. The molecule has 3 aromatic carbocycles. The summed E-state index contributed by atoms with van der Waals surface area (Å²) < 4.78 is 12.2. The number of aliphatic hydroxyl groups is 1. The predicted octanol–water partition coefficient (Wildman–Crippen LogP) is 6.89. The van der Waals surface area contributed by atoms with Crippen molar-refractivity contribution in [3.8, 4) is 28.3 Å². The number of ether oxygens (including phenoxy) is 1. The van der Waals surface area contributed by atoms with E-state index in [1.807, 2.05) is 42.5 Å². The molecule has 0 radical (unpaired) electrons. The predicted molar refractivity (Wildman–Crippen MR) is 143 cm³/mol. The quantitative estimate of drug-likeness (QED) is 0.228. The minimum Gasteiger partial charge on any atom is -0.496 e. The second-order valence-electron chi connectivity index (χ2n) is 9.37. The number of aromatic nitrogens is 1. The van der Waals surface area contributed by atoms with Gasteiger partial charge in [-0.05, 0) is 42.9 Å². The zero-order valence-corrected chi connectivity index (χ0v) is 20.8. The summed E-state index contributed by atoms with van der Waals surface area (Å²) in [5.41, 5.74) is 5.52. The van der Waals surface area contributed by atoms with Crippen LogP contribution < -0.4 is 10.1 Å². The van der Waals surface area contributed by atoms with E-state index in [-0.39, 0.29) is 18.7 Å². The minimum atomic E-state index is -0.0363. The van der Waals surface area contributed by atoms with Crippen molar-refractivity contribution in [2.45, 2.75) is 50.6 Å². The average Bonchev–Trinajstić information content (AvgIpc) is 3.56. The Labute approximate surface area is 213 Å². The third-order valence-electron chi connectivity index (χ3n) is 7.03. The lowest BCUT2D eigenvalue weighted by Gasteiger charge is -2.22. The van der Waals surface area contributed by atoms with Crippen LogP contribution in [0.25, 0.3) is 22.6 Å². The second-order valence-corrected chi connectivity index (χ2v) is 9.37. The number of fused-ring (bicyclic) bond motifs is 1. The highest BCUT2D eigenvalue weighted by molar-refractivity contribution is 5.76. The lowest BCUT2D eigenvalue weighted by Crippen LogP contribution is -2.25. The maximum atomic E-state index is 9.27. The molecule has 2 atom stereocenters. The van der Waals surface area contributed by atoms with Gasteiger partial charge >= 0.3 is 0 Å².